The molecule has 2 unspecified atom stereocenters. The third-order valence-electron chi connectivity index (χ3n) is 4.75. The first-order valence-electron chi connectivity index (χ1n) is 8.79. The zero-order valence-corrected chi connectivity index (χ0v) is 17.0. The number of aryl methyl sites for hydroxylation is 1. The molecule has 1 aliphatic heterocycles. The number of nitrogens with one attached hydrogen (secondary N) is 2. The second kappa shape index (κ2) is 7.67. The maximum absolute atomic E-state index is 13.4. The van der Waals surface area contributed by atoms with Gasteiger partial charge in [-0.15, -0.1) is 0 Å². The van der Waals surface area contributed by atoms with Crippen molar-refractivity contribution in [2.24, 2.45) is 13.0 Å². The smallest absolute Gasteiger partial charge is 0.362 e. The first-order chi connectivity index (χ1) is 13.8. The van der Waals surface area contributed by atoms with Crippen LogP contribution in [0, 0.1) is 18.7 Å². The fraction of sp³-hybridized carbons (Fsp3) is 0.389. The number of amides is 1. The van der Waals surface area contributed by atoms with Gasteiger partial charge >= 0.3 is 6.18 Å². The molecule has 1 fully saturated rings. The third kappa shape index (κ3) is 4.20. The number of carbonyl (C=O) groups excluding carboxylic acids is 1. The number of benzene rings is 1. The average molecular weight is 449 g/mol. The number of sulfonamides is 1. The minimum absolute atomic E-state index is 0.00660. The summed E-state index contributed by atoms with van der Waals surface area (Å²) in [5, 5.41) is 2.25. The first kappa shape index (κ1) is 22.2. The molecule has 1 saturated heterocycles. The molecule has 3 rings (SSSR count). The van der Waals surface area contributed by atoms with Crippen LogP contribution >= 0.6 is 0 Å². The van der Waals surface area contributed by atoms with Gasteiger partial charge in [0.05, 0.1) is 12.2 Å². The molecule has 0 aliphatic carbocycles. The number of nitrogens with zero attached hydrogens (tertiary/aromatic N) is 1. The van der Waals surface area contributed by atoms with E-state index in [0.29, 0.717) is 18.7 Å². The van der Waals surface area contributed by atoms with Crippen molar-refractivity contribution in [3.05, 3.63) is 47.0 Å². The van der Waals surface area contributed by atoms with Crippen LogP contribution in [0.4, 0.5) is 23.2 Å². The molecule has 0 radical (unpaired) electrons. The van der Waals surface area contributed by atoms with Crippen molar-refractivity contribution >= 4 is 21.6 Å². The van der Waals surface area contributed by atoms with E-state index in [2.05, 4.69) is 10.0 Å². The monoisotopic (exact) mass is 449 g/mol. The predicted octanol–water partition coefficient (Wildman–Crippen LogP) is 3.01. The van der Waals surface area contributed by atoms with E-state index in [9.17, 15) is 30.8 Å². The van der Waals surface area contributed by atoms with Crippen LogP contribution in [0.3, 0.4) is 0 Å². The number of ether oxygens (including phenoxy) is 1. The van der Waals surface area contributed by atoms with E-state index in [4.69, 9.17) is 4.74 Å². The van der Waals surface area contributed by atoms with Gasteiger partial charge in [0.1, 0.15) is 22.6 Å². The molecule has 0 spiro atoms. The summed E-state index contributed by atoms with van der Waals surface area (Å²) in [5.41, 5.74) is -1.77. The van der Waals surface area contributed by atoms with Gasteiger partial charge in [-0.05, 0) is 30.7 Å². The summed E-state index contributed by atoms with van der Waals surface area (Å²) in [6, 6.07) is 2.05. The molecule has 0 bridgehead atoms. The predicted molar refractivity (Wildman–Crippen MR) is 98.7 cm³/mol. The SMILES string of the molecule is Cc1c(S(=O)(=O)NC2OCC2C)cn(C)c1C(=O)Nc1ccc(F)c(C(F)(F)F)c1. The van der Waals surface area contributed by atoms with Crippen molar-refractivity contribution in [2.45, 2.75) is 31.1 Å². The Morgan fingerprint density at radius 2 is 1.97 bits per heavy atom. The Balaban J connectivity index is 1.87. The maximum Gasteiger partial charge on any atom is 0.419 e. The zero-order valence-electron chi connectivity index (χ0n) is 16.2. The molecule has 2 aromatic rings. The Bertz CT molecular complexity index is 1100. The molecule has 1 amide bonds. The fourth-order valence-corrected chi connectivity index (χ4v) is 4.61. The number of hydrogen-bond acceptors (Lipinski definition) is 4. The molecule has 2 heterocycles. The van der Waals surface area contributed by atoms with Crippen molar-refractivity contribution in [2.75, 3.05) is 11.9 Å². The van der Waals surface area contributed by atoms with Crippen molar-refractivity contribution in [1.82, 2.24) is 9.29 Å². The first-order valence-corrected chi connectivity index (χ1v) is 10.3. The average Bonchev–Trinajstić information content (AvgIpc) is 2.94. The second-order valence-corrected chi connectivity index (χ2v) is 8.76. The lowest BCUT2D eigenvalue weighted by atomic mass is 10.1. The Morgan fingerprint density at radius 1 is 1.30 bits per heavy atom. The van der Waals surface area contributed by atoms with E-state index in [1.54, 1.807) is 0 Å². The molecule has 0 saturated carbocycles. The van der Waals surface area contributed by atoms with Gasteiger partial charge in [-0.25, -0.2) is 12.8 Å². The second-order valence-electron chi connectivity index (χ2n) is 7.08. The normalized spacial score (nSPS) is 19.4. The van der Waals surface area contributed by atoms with Crippen molar-refractivity contribution in [3.8, 4) is 0 Å². The zero-order chi connectivity index (χ0) is 22.4. The molecular formula is C18H19F4N3O4S. The van der Waals surface area contributed by atoms with Gasteiger partial charge < -0.3 is 14.6 Å². The molecule has 7 nitrogen and oxygen atoms in total. The number of rotatable bonds is 5. The molecule has 12 heteroatoms. The third-order valence-corrected chi connectivity index (χ3v) is 6.28. The summed E-state index contributed by atoms with van der Waals surface area (Å²) >= 11 is 0. The van der Waals surface area contributed by atoms with E-state index in [0.717, 1.165) is 6.07 Å². The standard InChI is InChI=1S/C18H19F4N3O4S/c1-9-8-29-17(9)24-30(27,28)14-7-25(3)15(10(14)2)16(26)23-11-4-5-13(19)12(6-11)18(20,21)22/h4-7,9,17,24H,8H2,1-3H3,(H,23,26). The molecule has 1 aromatic carbocycles. The highest BCUT2D eigenvalue weighted by Crippen LogP contribution is 2.33. The summed E-state index contributed by atoms with van der Waals surface area (Å²) in [6.45, 7) is 3.64. The van der Waals surface area contributed by atoms with Gasteiger partial charge in [0.25, 0.3) is 5.91 Å². The maximum atomic E-state index is 13.4. The lowest BCUT2D eigenvalue weighted by Crippen LogP contribution is -2.50. The molecule has 1 aliphatic rings. The molecule has 30 heavy (non-hydrogen) atoms. The minimum atomic E-state index is -4.93. The topological polar surface area (TPSA) is 89.4 Å². The summed E-state index contributed by atoms with van der Waals surface area (Å²) in [7, 11) is -2.57. The van der Waals surface area contributed by atoms with Crippen LogP contribution in [0.2, 0.25) is 0 Å². The van der Waals surface area contributed by atoms with Gasteiger partial charge in [-0.2, -0.15) is 17.9 Å². The Labute approximate surface area is 170 Å². The molecular weight excluding hydrogens is 430 g/mol. The number of aromatic nitrogens is 1. The van der Waals surface area contributed by atoms with Crippen LogP contribution in [-0.4, -0.2) is 31.7 Å². The Kier molecular flexibility index (Phi) is 5.69. The summed E-state index contributed by atoms with van der Waals surface area (Å²) < 4.78 is 86.1. The minimum Gasteiger partial charge on any atom is -0.362 e. The van der Waals surface area contributed by atoms with Crippen molar-refractivity contribution in [3.63, 3.8) is 0 Å². The molecule has 2 N–H and O–H groups in total. The van der Waals surface area contributed by atoms with Crippen LogP contribution in [0.1, 0.15) is 28.5 Å². The van der Waals surface area contributed by atoms with Crippen LogP contribution in [0.15, 0.2) is 29.3 Å². The Morgan fingerprint density at radius 3 is 2.50 bits per heavy atom. The number of hydrogen-bond donors (Lipinski definition) is 2. The highest BCUT2D eigenvalue weighted by atomic mass is 32.2. The molecule has 164 valence electrons. The van der Waals surface area contributed by atoms with Crippen LogP contribution in [0.25, 0.3) is 0 Å². The van der Waals surface area contributed by atoms with Gasteiger partial charge in [-0.1, -0.05) is 6.92 Å². The number of anilines is 1. The number of alkyl halides is 3. The summed E-state index contributed by atoms with van der Waals surface area (Å²) in [5.74, 6) is -2.32. The quantitative estimate of drug-likeness (QED) is 0.687. The van der Waals surface area contributed by atoms with E-state index in [1.165, 1.54) is 24.7 Å². The van der Waals surface area contributed by atoms with Gasteiger partial charge in [0.2, 0.25) is 10.0 Å². The van der Waals surface area contributed by atoms with Crippen LogP contribution < -0.4 is 10.0 Å². The molecule has 2 atom stereocenters. The van der Waals surface area contributed by atoms with Crippen molar-refractivity contribution in [1.29, 1.82) is 0 Å². The van der Waals surface area contributed by atoms with Crippen LogP contribution in [0.5, 0.6) is 0 Å². The summed E-state index contributed by atoms with van der Waals surface area (Å²) in [6.07, 6.45) is -4.38. The number of carbonyl (C=O) groups is 1. The van der Waals surface area contributed by atoms with E-state index < -0.39 is 39.7 Å². The lowest BCUT2D eigenvalue weighted by molar-refractivity contribution is -0.139. The fourth-order valence-electron chi connectivity index (χ4n) is 3.08. The molecule has 1 aromatic heterocycles. The summed E-state index contributed by atoms with van der Waals surface area (Å²) in [4.78, 5) is 12.5. The highest BCUT2D eigenvalue weighted by Gasteiger charge is 2.36. The van der Waals surface area contributed by atoms with Gasteiger partial charge in [-0.3, -0.25) is 4.79 Å². The largest absolute Gasteiger partial charge is 0.419 e. The number of halogens is 4. The highest BCUT2D eigenvalue weighted by molar-refractivity contribution is 7.89. The lowest BCUT2D eigenvalue weighted by Gasteiger charge is -2.34. The van der Waals surface area contributed by atoms with Crippen molar-refractivity contribution < 1.29 is 35.5 Å². The van der Waals surface area contributed by atoms with Gasteiger partial charge in [0, 0.05) is 24.8 Å². The van der Waals surface area contributed by atoms with E-state index >= 15 is 0 Å². The van der Waals surface area contributed by atoms with E-state index in [-0.39, 0.29) is 27.8 Å². The van der Waals surface area contributed by atoms with Gasteiger partial charge in [0.15, 0.2) is 0 Å². The van der Waals surface area contributed by atoms with Crippen LogP contribution in [-0.2, 0) is 28.0 Å². The van der Waals surface area contributed by atoms with E-state index in [1.807, 2.05) is 6.92 Å². The Hall–Kier alpha value is -2.44.